The van der Waals surface area contributed by atoms with Crippen LogP contribution in [0.15, 0.2) is 0 Å². The average molecular weight is 404 g/mol. The number of aliphatic carboxylic acids is 2. The number of aliphatic hydroxyl groups excluding tert-OH is 1. The van der Waals surface area contributed by atoms with Crippen molar-refractivity contribution in [1.82, 2.24) is 16.0 Å². The zero-order valence-corrected chi connectivity index (χ0v) is 16.0. The van der Waals surface area contributed by atoms with E-state index in [2.05, 4.69) is 16.0 Å². The second kappa shape index (κ2) is 11.9. The highest BCUT2D eigenvalue weighted by atomic mass is 16.4. The fourth-order valence-corrected chi connectivity index (χ4v) is 2.05. The fraction of sp³-hybridized carbons (Fsp3) is 0.688. The SMILES string of the molecule is CC(NC(=O)C(NC(=O)C(CCC(=O)O)NC(=O)C(N)CO)C(C)C)C(=O)O. The second-order valence-electron chi connectivity index (χ2n) is 6.58. The Kier molecular flexibility index (Phi) is 10.7. The molecule has 0 aliphatic rings. The molecule has 12 heteroatoms. The lowest BCUT2D eigenvalue weighted by Crippen LogP contribution is -2.58. The Labute approximate surface area is 161 Å². The molecule has 0 aromatic heterocycles. The number of aliphatic hydroxyl groups is 1. The Hall–Kier alpha value is -2.73. The first-order valence-electron chi connectivity index (χ1n) is 8.62. The van der Waals surface area contributed by atoms with E-state index in [-0.39, 0.29) is 6.42 Å². The molecule has 0 aromatic rings. The van der Waals surface area contributed by atoms with Crippen LogP contribution in [0, 0.1) is 5.92 Å². The first-order chi connectivity index (χ1) is 12.9. The normalized spacial score (nSPS) is 15.1. The summed E-state index contributed by atoms with van der Waals surface area (Å²) < 4.78 is 0. The minimum atomic E-state index is -1.31. The van der Waals surface area contributed by atoms with Crippen molar-refractivity contribution in [2.24, 2.45) is 11.7 Å². The van der Waals surface area contributed by atoms with Gasteiger partial charge in [0.05, 0.1) is 6.61 Å². The molecule has 0 aliphatic carbocycles. The third-order valence-corrected chi connectivity index (χ3v) is 3.79. The summed E-state index contributed by atoms with van der Waals surface area (Å²) in [5.41, 5.74) is 5.37. The number of carbonyl (C=O) groups is 5. The lowest BCUT2D eigenvalue weighted by molar-refractivity contribution is -0.142. The number of carboxylic acid groups (broad SMARTS) is 2. The summed E-state index contributed by atoms with van der Waals surface area (Å²) in [6, 6.07) is -4.92. The Bertz CT molecular complexity index is 595. The highest BCUT2D eigenvalue weighted by Crippen LogP contribution is 2.06. The maximum absolute atomic E-state index is 12.5. The van der Waals surface area contributed by atoms with E-state index in [1.54, 1.807) is 13.8 Å². The number of hydrogen-bond donors (Lipinski definition) is 7. The van der Waals surface area contributed by atoms with Crippen molar-refractivity contribution >= 4 is 29.7 Å². The second-order valence-corrected chi connectivity index (χ2v) is 6.58. The van der Waals surface area contributed by atoms with Gasteiger partial charge in [-0.25, -0.2) is 0 Å². The summed E-state index contributed by atoms with van der Waals surface area (Å²) in [6.07, 6.45) is -0.718. The molecule has 8 N–H and O–H groups in total. The predicted octanol–water partition coefficient (Wildman–Crippen LogP) is -2.61. The molecule has 12 nitrogen and oxygen atoms in total. The van der Waals surface area contributed by atoms with E-state index in [4.69, 9.17) is 21.1 Å². The van der Waals surface area contributed by atoms with Crippen LogP contribution >= 0.6 is 0 Å². The van der Waals surface area contributed by atoms with Gasteiger partial charge in [-0.3, -0.25) is 24.0 Å². The molecule has 0 fully saturated rings. The summed E-state index contributed by atoms with van der Waals surface area (Å²) in [6.45, 7) is 3.81. The van der Waals surface area contributed by atoms with Crippen LogP contribution in [0.5, 0.6) is 0 Å². The van der Waals surface area contributed by atoms with Crippen molar-refractivity contribution in [3.63, 3.8) is 0 Å². The van der Waals surface area contributed by atoms with Gasteiger partial charge in [-0.15, -0.1) is 0 Å². The van der Waals surface area contributed by atoms with E-state index in [1.807, 2.05) is 0 Å². The topological polar surface area (TPSA) is 208 Å². The Morgan fingerprint density at radius 2 is 1.46 bits per heavy atom. The molecule has 0 aromatic carbocycles. The quantitative estimate of drug-likeness (QED) is 0.181. The number of carboxylic acids is 2. The Balaban J connectivity index is 5.28. The van der Waals surface area contributed by atoms with Crippen LogP contribution < -0.4 is 21.7 Å². The summed E-state index contributed by atoms with van der Waals surface area (Å²) >= 11 is 0. The third-order valence-electron chi connectivity index (χ3n) is 3.79. The molecule has 0 radical (unpaired) electrons. The maximum atomic E-state index is 12.5. The average Bonchev–Trinajstić information content (AvgIpc) is 2.60. The summed E-state index contributed by atoms with van der Waals surface area (Å²) in [5, 5.41) is 33.5. The van der Waals surface area contributed by atoms with Crippen molar-refractivity contribution in [3.05, 3.63) is 0 Å². The van der Waals surface area contributed by atoms with Gasteiger partial charge in [0.1, 0.15) is 24.2 Å². The van der Waals surface area contributed by atoms with Crippen LogP contribution in [0.1, 0.15) is 33.6 Å². The molecule has 28 heavy (non-hydrogen) atoms. The Morgan fingerprint density at radius 3 is 1.89 bits per heavy atom. The minimum Gasteiger partial charge on any atom is -0.481 e. The highest BCUT2D eigenvalue weighted by molar-refractivity contribution is 5.94. The molecule has 0 rings (SSSR count). The molecule has 0 saturated carbocycles. The molecule has 0 bridgehead atoms. The van der Waals surface area contributed by atoms with Crippen LogP contribution in [0.2, 0.25) is 0 Å². The zero-order valence-electron chi connectivity index (χ0n) is 16.0. The van der Waals surface area contributed by atoms with E-state index < -0.39 is 72.8 Å². The van der Waals surface area contributed by atoms with E-state index in [0.29, 0.717) is 0 Å². The van der Waals surface area contributed by atoms with Crippen molar-refractivity contribution in [1.29, 1.82) is 0 Å². The summed E-state index contributed by atoms with van der Waals surface area (Å²) in [4.78, 5) is 58.3. The number of carbonyl (C=O) groups excluding carboxylic acids is 3. The van der Waals surface area contributed by atoms with Crippen molar-refractivity contribution < 1.29 is 39.3 Å². The van der Waals surface area contributed by atoms with Gasteiger partial charge in [-0.1, -0.05) is 13.8 Å². The van der Waals surface area contributed by atoms with Crippen LogP contribution in [-0.2, 0) is 24.0 Å². The lowest BCUT2D eigenvalue weighted by Gasteiger charge is -2.26. The molecule has 4 unspecified atom stereocenters. The molecular formula is C16H28N4O8. The van der Waals surface area contributed by atoms with Gasteiger partial charge < -0.3 is 37.0 Å². The monoisotopic (exact) mass is 404 g/mol. The van der Waals surface area contributed by atoms with Crippen molar-refractivity contribution in [2.75, 3.05) is 6.61 Å². The molecule has 0 spiro atoms. The van der Waals surface area contributed by atoms with Gasteiger partial charge in [-0.05, 0) is 19.3 Å². The molecule has 0 heterocycles. The van der Waals surface area contributed by atoms with Gasteiger partial charge in [0.15, 0.2) is 0 Å². The van der Waals surface area contributed by atoms with Crippen molar-refractivity contribution in [2.45, 2.75) is 57.8 Å². The number of amides is 3. The number of hydrogen-bond acceptors (Lipinski definition) is 7. The molecular weight excluding hydrogens is 376 g/mol. The van der Waals surface area contributed by atoms with E-state index in [9.17, 15) is 24.0 Å². The summed E-state index contributed by atoms with van der Waals surface area (Å²) in [5.74, 6) is -5.33. The molecule has 3 amide bonds. The number of rotatable bonds is 12. The third kappa shape index (κ3) is 8.77. The van der Waals surface area contributed by atoms with Crippen LogP contribution in [-0.4, -0.2) is 75.8 Å². The molecule has 0 saturated heterocycles. The molecule has 0 aliphatic heterocycles. The molecule has 4 atom stereocenters. The van der Waals surface area contributed by atoms with Gasteiger partial charge in [0.2, 0.25) is 17.7 Å². The van der Waals surface area contributed by atoms with Gasteiger partial charge in [0.25, 0.3) is 0 Å². The van der Waals surface area contributed by atoms with Gasteiger partial charge in [0, 0.05) is 6.42 Å². The first kappa shape index (κ1) is 25.3. The van der Waals surface area contributed by atoms with E-state index in [0.717, 1.165) is 0 Å². The smallest absolute Gasteiger partial charge is 0.325 e. The number of nitrogens with one attached hydrogen (secondary N) is 3. The van der Waals surface area contributed by atoms with Gasteiger partial charge in [-0.2, -0.15) is 0 Å². The molecule has 160 valence electrons. The van der Waals surface area contributed by atoms with E-state index in [1.165, 1.54) is 6.92 Å². The van der Waals surface area contributed by atoms with Crippen LogP contribution in [0.3, 0.4) is 0 Å². The van der Waals surface area contributed by atoms with Crippen LogP contribution in [0.25, 0.3) is 0 Å². The largest absolute Gasteiger partial charge is 0.481 e. The zero-order chi connectivity index (χ0) is 22.0. The van der Waals surface area contributed by atoms with E-state index >= 15 is 0 Å². The summed E-state index contributed by atoms with van der Waals surface area (Å²) in [7, 11) is 0. The highest BCUT2D eigenvalue weighted by Gasteiger charge is 2.31. The standard InChI is InChI=1S/C16H28N4O8/c1-7(2)12(15(26)18-8(3)16(27)28)20-14(25)10(4-5-11(22)23)19-13(24)9(17)6-21/h7-10,12,21H,4-6,17H2,1-3H3,(H,18,26)(H,19,24)(H,20,25)(H,22,23)(H,27,28). The van der Waals surface area contributed by atoms with Crippen molar-refractivity contribution in [3.8, 4) is 0 Å². The first-order valence-corrected chi connectivity index (χ1v) is 8.62. The predicted molar refractivity (Wildman–Crippen MR) is 95.9 cm³/mol. The van der Waals surface area contributed by atoms with Crippen LogP contribution in [0.4, 0.5) is 0 Å². The number of nitrogens with two attached hydrogens (primary N) is 1. The fourth-order valence-electron chi connectivity index (χ4n) is 2.05. The maximum Gasteiger partial charge on any atom is 0.325 e. The lowest BCUT2D eigenvalue weighted by atomic mass is 10.0. The Morgan fingerprint density at radius 1 is 0.893 bits per heavy atom. The van der Waals surface area contributed by atoms with Gasteiger partial charge >= 0.3 is 11.9 Å². The minimum absolute atomic E-state index is 0.275.